The molecule has 1 unspecified atom stereocenters. The molecule has 0 spiro atoms. The number of anilines is 2. The number of aromatic nitrogens is 3. The van der Waals surface area contributed by atoms with Crippen LogP contribution in [0.25, 0.3) is 0 Å². The molecule has 4 aromatic rings. The van der Waals surface area contributed by atoms with Crippen molar-refractivity contribution < 1.29 is 9.53 Å². The lowest BCUT2D eigenvalue weighted by Gasteiger charge is -2.20. The highest BCUT2D eigenvalue weighted by Gasteiger charge is 2.17. The Morgan fingerprint density at radius 2 is 1.87 bits per heavy atom. The number of nitrogens with two attached hydrogens (primary N) is 1. The van der Waals surface area contributed by atoms with Crippen LogP contribution in [-0.4, -0.2) is 40.0 Å². The first kappa shape index (κ1) is 27.5. The highest BCUT2D eigenvalue weighted by molar-refractivity contribution is 14.1. The van der Waals surface area contributed by atoms with Gasteiger partial charge in [0.2, 0.25) is 0 Å². The second kappa shape index (κ2) is 12.4. The third-order valence-electron chi connectivity index (χ3n) is 5.79. The topological polar surface area (TPSA) is 107 Å². The first-order valence-electron chi connectivity index (χ1n) is 11.9. The summed E-state index contributed by atoms with van der Waals surface area (Å²) >= 11 is 8.29. The zero-order valence-electron chi connectivity index (χ0n) is 21.0. The van der Waals surface area contributed by atoms with Gasteiger partial charge in [-0.05, 0) is 36.2 Å². The van der Waals surface area contributed by atoms with Crippen LogP contribution in [0.1, 0.15) is 28.4 Å². The number of rotatable bonds is 10. The molecule has 2 heterocycles. The number of halogens is 2. The number of nitrogen functional groups attached to an aromatic ring is 1. The molecule has 11 heteroatoms. The zero-order chi connectivity index (χ0) is 27.2. The van der Waals surface area contributed by atoms with E-state index in [9.17, 15) is 9.59 Å². The van der Waals surface area contributed by atoms with Gasteiger partial charge in [0, 0.05) is 36.6 Å². The lowest BCUT2D eigenvalue weighted by molar-refractivity contribution is 0.0933. The number of ether oxygens (including phenoxy) is 1. The molecule has 1 atom stereocenters. The van der Waals surface area contributed by atoms with Crippen molar-refractivity contribution in [3.63, 3.8) is 0 Å². The van der Waals surface area contributed by atoms with Crippen molar-refractivity contribution in [3.05, 3.63) is 105 Å². The Balaban J connectivity index is 1.34. The molecule has 4 rings (SSSR count). The van der Waals surface area contributed by atoms with E-state index in [4.69, 9.17) is 22.1 Å². The number of benzene rings is 2. The minimum absolute atomic E-state index is 0.0437. The zero-order valence-corrected chi connectivity index (χ0v) is 23.9. The minimum atomic E-state index is -0.329. The van der Waals surface area contributed by atoms with Crippen molar-refractivity contribution in [2.24, 2.45) is 0 Å². The van der Waals surface area contributed by atoms with E-state index in [0.29, 0.717) is 29.4 Å². The van der Waals surface area contributed by atoms with E-state index in [1.807, 2.05) is 53.5 Å². The van der Waals surface area contributed by atoms with Crippen molar-refractivity contribution in [1.82, 2.24) is 19.7 Å². The van der Waals surface area contributed by atoms with Crippen LogP contribution in [0.3, 0.4) is 0 Å². The molecule has 2 aromatic carbocycles. The van der Waals surface area contributed by atoms with Crippen LogP contribution in [0.4, 0.5) is 11.5 Å². The Kier molecular flexibility index (Phi) is 8.95. The summed E-state index contributed by atoms with van der Waals surface area (Å²) in [5, 5.41) is 7.73. The molecule has 38 heavy (non-hydrogen) atoms. The van der Waals surface area contributed by atoms with Crippen molar-refractivity contribution in [2.75, 3.05) is 22.4 Å². The lowest BCUT2D eigenvalue weighted by atomic mass is 10.1. The van der Waals surface area contributed by atoms with Crippen LogP contribution >= 0.6 is 34.5 Å². The highest BCUT2D eigenvalue weighted by atomic mass is 127. The van der Waals surface area contributed by atoms with Gasteiger partial charge in [-0.3, -0.25) is 14.3 Å². The maximum atomic E-state index is 12.8. The van der Waals surface area contributed by atoms with Gasteiger partial charge in [0.1, 0.15) is 17.4 Å². The van der Waals surface area contributed by atoms with Gasteiger partial charge >= 0.3 is 0 Å². The number of nitrogens with zero attached hydrogens (tertiary/aromatic N) is 4. The Labute approximate surface area is 239 Å². The predicted octanol–water partition coefficient (Wildman–Crippen LogP) is 4.36. The van der Waals surface area contributed by atoms with E-state index in [-0.39, 0.29) is 29.9 Å². The van der Waals surface area contributed by atoms with Crippen molar-refractivity contribution in [3.8, 4) is 5.75 Å². The highest BCUT2D eigenvalue weighted by Crippen LogP contribution is 2.33. The second-order valence-corrected chi connectivity index (χ2v) is 10.7. The smallest absolute Gasteiger partial charge is 0.256 e. The molecule has 0 aliphatic heterocycles. The third kappa shape index (κ3) is 7.07. The quantitative estimate of drug-likeness (QED) is 0.196. The van der Waals surface area contributed by atoms with E-state index < -0.39 is 0 Å². The van der Waals surface area contributed by atoms with E-state index in [1.165, 1.54) is 6.07 Å². The minimum Gasteiger partial charge on any atom is -0.487 e. The summed E-state index contributed by atoms with van der Waals surface area (Å²) in [7, 11) is 1.91. The lowest BCUT2D eigenvalue weighted by Crippen LogP contribution is -2.34. The number of pyridine rings is 1. The number of hydrogen-bond donors (Lipinski definition) is 2. The fourth-order valence-corrected chi connectivity index (χ4v) is 4.40. The monoisotopic (exact) mass is 646 g/mol. The number of hydrogen-bond acceptors (Lipinski definition) is 6. The molecule has 0 saturated carbocycles. The van der Waals surface area contributed by atoms with Crippen LogP contribution in [0, 0.1) is 0 Å². The largest absolute Gasteiger partial charge is 0.487 e. The third-order valence-corrected chi connectivity index (χ3v) is 6.54. The Hall–Kier alpha value is -3.51. The summed E-state index contributed by atoms with van der Waals surface area (Å²) in [6, 6.07) is 18.4. The first-order chi connectivity index (χ1) is 18.2. The Morgan fingerprint density at radius 3 is 2.55 bits per heavy atom. The summed E-state index contributed by atoms with van der Waals surface area (Å²) in [5.41, 5.74) is 9.17. The number of nitrogens with one attached hydrogen (secondary N) is 1. The van der Waals surface area contributed by atoms with Crippen molar-refractivity contribution in [2.45, 2.75) is 26.1 Å². The maximum absolute atomic E-state index is 12.8. The average molecular weight is 647 g/mol. The summed E-state index contributed by atoms with van der Waals surface area (Å²) in [6.07, 6.45) is 3.09. The number of carbonyl (C=O) groups is 1. The van der Waals surface area contributed by atoms with Gasteiger partial charge in [0.25, 0.3) is 11.5 Å². The second-order valence-electron chi connectivity index (χ2n) is 8.84. The van der Waals surface area contributed by atoms with E-state index >= 15 is 0 Å². The molecule has 9 nitrogen and oxygen atoms in total. The molecule has 0 saturated heterocycles. The van der Waals surface area contributed by atoms with Crippen LogP contribution in [0.15, 0.2) is 77.9 Å². The molecule has 0 fully saturated rings. The van der Waals surface area contributed by atoms with E-state index in [0.717, 1.165) is 16.8 Å². The summed E-state index contributed by atoms with van der Waals surface area (Å²) in [6.45, 7) is 3.08. The molecule has 0 aliphatic rings. The molecule has 2 aromatic heterocycles. The van der Waals surface area contributed by atoms with Crippen LogP contribution in [0.2, 0.25) is 5.02 Å². The maximum Gasteiger partial charge on any atom is 0.256 e. The molecular weight excluding hydrogens is 619 g/mol. The summed E-state index contributed by atoms with van der Waals surface area (Å²) < 4.78 is 11.2. The molecule has 0 radical (unpaired) electrons. The van der Waals surface area contributed by atoms with Gasteiger partial charge in [-0.2, -0.15) is 5.10 Å². The van der Waals surface area contributed by atoms with Gasteiger partial charge < -0.3 is 23.5 Å². The van der Waals surface area contributed by atoms with Gasteiger partial charge in [0.15, 0.2) is 5.82 Å². The molecule has 0 bridgehead atoms. The van der Waals surface area contributed by atoms with Crippen molar-refractivity contribution >= 4 is 51.9 Å². The van der Waals surface area contributed by atoms with E-state index in [1.54, 1.807) is 39.8 Å². The van der Waals surface area contributed by atoms with Crippen LogP contribution in [-0.2, 0) is 13.1 Å². The molecular formula is C27H28ClIN6O3. The number of amides is 1. The Morgan fingerprint density at radius 1 is 1.16 bits per heavy atom. The molecule has 198 valence electrons. The fourth-order valence-electron chi connectivity index (χ4n) is 3.84. The molecule has 0 aliphatic carbocycles. The van der Waals surface area contributed by atoms with Gasteiger partial charge in [-0.25, -0.2) is 0 Å². The first-order valence-corrected chi connectivity index (χ1v) is 13.2. The Bertz CT molecular complexity index is 1470. The fraction of sp³-hybridized carbons (Fsp3) is 0.222. The van der Waals surface area contributed by atoms with Crippen LogP contribution < -0.4 is 24.5 Å². The average Bonchev–Trinajstić information content (AvgIpc) is 3.24. The van der Waals surface area contributed by atoms with Crippen LogP contribution in [0.5, 0.6) is 5.75 Å². The normalized spacial score (nSPS) is 11.7. The predicted molar refractivity (Wildman–Crippen MR) is 158 cm³/mol. The standard InChI is InChI=1S/C27H28ClIN6O3/c1-18(38-24-13-21(28)10-11-23(24)33(2)29)14-31-27(37)22-17-35(32-26(22)30)16-20-8-6-19(7-9-20)15-34-12-4-3-5-25(34)36/h3-13,17-18H,14-16H2,1-2H3,(H2,30,32)(H,31,37). The number of carbonyl (C=O) groups excluding carboxylic acids is 1. The molecule has 1 amide bonds. The van der Waals surface area contributed by atoms with Gasteiger partial charge in [0.05, 0.1) is 48.2 Å². The summed E-state index contributed by atoms with van der Waals surface area (Å²) in [5.74, 6) is 0.454. The van der Waals surface area contributed by atoms with Gasteiger partial charge in [-0.15, -0.1) is 0 Å². The van der Waals surface area contributed by atoms with Crippen molar-refractivity contribution in [1.29, 1.82) is 0 Å². The summed E-state index contributed by atoms with van der Waals surface area (Å²) in [4.78, 5) is 24.7. The SMILES string of the molecule is CC(CNC(=O)c1cn(Cc2ccc(Cn3ccccc3=O)cc2)nc1N)Oc1cc(Cl)ccc1N(C)I. The molecule has 3 N–H and O–H groups in total. The van der Waals surface area contributed by atoms with E-state index in [2.05, 4.69) is 33.3 Å². The van der Waals surface area contributed by atoms with Gasteiger partial charge in [-0.1, -0.05) is 41.9 Å².